The average Bonchev–Trinajstić information content (AvgIpc) is 1.52. The Balaban J connectivity index is 0.00000208. The van der Waals surface area contributed by atoms with E-state index in [0.717, 1.165) is 57.1 Å². The summed E-state index contributed by atoms with van der Waals surface area (Å²) in [6.45, 7) is 22.4. The van der Waals surface area contributed by atoms with E-state index in [0.29, 0.717) is 43.8 Å². The van der Waals surface area contributed by atoms with E-state index in [-0.39, 0.29) is 79.4 Å². The highest BCUT2D eigenvalue weighted by atomic mass is 16.6. The minimum absolute atomic E-state index is 0.0240. The van der Waals surface area contributed by atoms with Gasteiger partial charge in [-0.3, -0.25) is 24.0 Å². The maximum absolute atomic E-state index is 14.2. The molecule has 3 fully saturated rings. The van der Waals surface area contributed by atoms with Crippen molar-refractivity contribution >= 4 is 59.2 Å². The predicted molar refractivity (Wildman–Crippen MR) is 320 cm³/mol. The van der Waals surface area contributed by atoms with Crippen molar-refractivity contribution in [3.8, 4) is 0 Å². The molecule has 22 heteroatoms. The molecule has 85 heavy (non-hydrogen) atoms. The smallest absolute Gasteiger partial charge is 0.330 e. The predicted octanol–water partition coefficient (Wildman–Crippen LogP) is 7.15. The molecule has 6 unspecified atom stereocenters. The number of hydrogen-bond donors (Lipinski definition) is 8. The first-order valence-electron chi connectivity index (χ1n) is 30.2. The van der Waals surface area contributed by atoms with E-state index >= 15 is 0 Å². The van der Waals surface area contributed by atoms with E-state index in [2.05, 4.69) is 46.5 Å². The molecule has 10 N–H and O–H groups in total. The molecule has 4 aliphatic rings. The molecule has 5 rings (SSSR count). The monoisotopic (exact) mass is 1190 g/mol. The number of primary amides is 1. The topological polar surface area (TPSA) is 335 Å². The van der Waals surface area contributed by atoms with Crippen LogP contribution in [0, 0.1) is 34.0 Å². The summed E-state index contributed by atoms with van der Waals surface area (Å²) in [5.41, 5.74) is 11.1. The van der Waals surface area contributed by atoms with Crippen molar-refractivity contribution in [2.45, 2.75) is 202 Å². The van der Waals surface area contributed by atoms with Gasteiger partial charge >= 0.3 is 29.9 Å². The lowest BCUT2D eigenvalue weighted by molar-refractivity contribution is -0.205. The molecule has 2 saturated heterocycles. The zero-order valence-corrected chi connectivity index (χ0v) is 51.9. The number of ether oxygens (including phenoxy) is 5. The van der Waals surface area contributed by atoms with Crippen molar-refractivity contribution < 1.29 is 71.9 Å². The summed E-state index contributed by atoms with van der Waals surface area (Å²) in [4.78, 5) is 113. The van der Waals surface area contributed by atoms with Crippen molar-refractivity contribution in [3.05, 3.63) is 65.8 Å². The fourth-order valence-corrected chi connectivity index (χ4v) is 12.0. The lowest BCUT2D eigenvalue weighted by Gasteiger charge is -2.58. The molecule has 1 aromatic carbocycles. The largest absolute Gasteiger partial charge is 0.478 e. The molecule has 0 radical (unpaired) electrons. The van der Waals surface area contributed by atoms with Crippen molar-refractivity contribution in [2.24, 2.45) is 45.5 Å². The van der Waals surface area contributed by atoms with Crippen LogP contribution in [0.25, 0.3) is 0 Å². The van der Waals surface area contributed by atoms with Gasteiger partial charge in [-0.15, -0.1) is 0 Å². The number of aliphatic carboxylic acids is 1. The van der Waals surface area contributed by atoms with E-state index < -0.39 is 89.1 Å². The zero-order valence-electron chi connectivity index (χ0n) is 51.9. The standard InChI is InChI=1S/C59H87N5O14.C4H10N2O/c1-36(2)50(63-46(65)16-12-11-15-29-60)54(72)61-40(6)53(71)62-43-21-19-42(20-22-43)41(7)77-49(69)34-56(8,9)33-39(5)52(70)64-51(38(4)25-30-74-48(68)18-14-13-17-47(66)67)55(73)75-31-28-58-27-23-37(3)32-45(58)78-44-24-26-57(58,10)59(44)35-76-59;1-2-3-6-4(5)7/h13-14,17-22,32,36,38-41,44-45,50-51H,11-12,15-16,23-31,33-35,60H2,1-10H3,(H,61,72)(H,62,71)(H,63,65)(H,64,70)(H,66,67);2-3H2,1H3,(H3,5,6,7)/b17-13-,18-14+;/t38-,39?,40+,41?,44?,45-,50?,51?,57?,58-,59+;/m1./s1. The van der Waals surface area contributed by atoms with Gasteiger partial charge in [-0.25, -0.2) is 19.2 Å². The second kappa shape index (κ2) is 32.7. The Hall–Kier alpha value is -6.65. The molecule has 474 valence electrons. The molecular weight excluding hydrogens is 1090 g/mol. The number of carboxylic acids is 1. The fourth-order valence-electron chi connectivity index (χ4n) is 12.0. The Morgan fingerprint density at radius 3 is 2.15 bits per heavy atom. The number of rotatable bonds is 32. The second-order valence-corrected chi connectivity index (χ2v) is 24.8. The van der Waals surface area contributed by atoms with Gasteiger partial charge in [0, 0.05) is 47.6 Å². The van der Waals surface area contributed by atoms with Crippen LogP contribution in [0.2, 0.25) is 0 Å². The number of carbonyl (C=O) groups excluding carboxylic acids is 8. The number of urea groups is 1. The molecule has 6 amide bonds. The van der Waals surface area contributed by atoms with Crippen LogP contribution in [-0.2, 0) is 62.0 Å². The molecule has 0 aromatic heterocycles. The van der Waals surface area contributed by atoms with Crippen LogP contribution in [0.15, 0.2) is 60.2 Å². The second-order valence-electron chi connectivity index (χ2n) is 24.8. The van der Waals surface area contributed by atoms with E-state index in [9.17, 15) is 43.2 Å². The first-order chi connectivity index (χ1) is 40.0. The van der Waals surface area contributed by atoms with Crippen LogP contribution in [0.3, 0.4) is 0 Å². The van der Waals surface area contributed by atoms with Crippen molar-refractivity contribution in [1.29, 1.82) is 0 Å². The Morgan fingerprint density at radius 2 is 1.54 bits per heavy atom. The highest BCUT2D eigenvalue weighted by Crippen LogP contribution is 2.72. The molecule has 1 spiro atoms. The number of unbranched alkanes of at least 4 members (excludes halogenated alkanes) is 2. The molecule has 2 aliphatic carbocycles. The number of allylic oxidation sites excluding steroid dienone is 3. The quantitative estimate of drug-likeness (QED) is 0.00675. The average molecular weight is 1190 g/mol. The molecule has 22 nitrogen and oxygen atoms in total. The number of nitrogens with one attached hydrogen (secondary N) is 5. The number of anilines is 1. The molecule has 2 heterocycles. The Kier molecular flexibility index (Phi) is 27.3. The summed E-state index contributed by atoms with van der Waals surface area (Å²) in [7, 11) is 0. The van der Waals surface area contributed by atoms with Gasteiger partial charge in [0.25, 0.3) is 0 Å². The highest BCUT2D eigenvalue weighted by Gasteiger charge is 2.78. The number of carboxylic acid groups (broad SMARTS) is 1. The number of fused-ring (bicyclic) bond motifs is 2. The summed E-state index contributed by atoms with van der Waals surface area (Å²) in [5, 5.41) is 22.4. The van der Waals surface area contributed by atoms with Crippen molar-refractivity contribution in [2.75, 3.05) is 38.2 Å². The number of amides is 6. The van der Waals surface area contributed by atoms with Crippen LogP contribution < -0.4 is 38.1 Å². The van der Waals surface area contributed by atoms with Crippen LogP contribution in [0.5, 0.6) is 0 Å². The first-order valence-corrected chi connectivity index (χ1v) is 30.2. The number of epoxide rings is 1. The Morgan fingerprint density at radius 1 is 0.859 bits per heavy atom. The number of carbonyl (C=O) groups is 9. The minimum Gasteiger partial charge on any atom is -0.478 e. The highest BCUT2D eigenvalue weighted by molar-refractivity contribution is 5.98. The third-order valence-electron chi connectivity index (χ3n) is 17.0. The van der Waals surface area contributed by atoms with Gasteiger partial charge in [-0.05, 0) is 126 Å². The third-order valence-corrected chi connectivity index (χ3v) is 17.0. The van der Waals surface area contributed by atoms with Crippen LogP contribution in [0.4, 0.5) is 10.5 Å². The summed E-state index contributed by atoms with van der Waals surface area (Å²) in [6.07, 6.45) is 14.0. The van der Waals surface area contributed by atoms with Gasteiger partial charge in [-0.1, -0.05) is 97.7 Å². The summed E-state index contributed by atoms with van der Waals surface area (Å²) in [5.74, 6) is -5.99. The van der Waals surface area contributed by atoms with Crippen LogP contribution >= 0.6 is 0 Å². The minimum atomic E-state index is -1.17. The van der Waals surface area contributed by atoms with E-state index in [1.165, 1.54) is 17.7 Å². The molecule has 1 aromatic rings. The van der Waals surface area contributed by atoms with E-state index in [1.54, 1.807) is 52.0 Å². The normalized spacial score (nSPS) is 23.3. The van der Waals surface area contributed by atoms with E-state index in [1.807, 2.05) is 34.6 Å². The van der Waals surface area contributed by atoms with Gasteiger partial charge in [-0.2, -0.15) is 0 Å². The number of esters is 3. The SMILES string of the molecule is CC1=C[C@H]2OC3CCC(C)([C@@]2(CCOC(=O)C(NC(=O)C(C)CC(C)(C)CC(=O)OC(C)c2ccc(NC(=O)[C@H](C)NC(=O)C(NC(=O)CCCCCN)C(C)C)cc2)[C@H](C)CCOC(=O)/C=C/C=C\C(=O)O)CC1)[C@]31CO1.CCCNC(N)=O. The van der Waals surface area contributed by atoms with Crippen LogP contribution in [-0.4, -0.2) is 127 Å². The van der Waals surface area contributed by atoms with Gasteiger partial charge < -0.3 is 66.8 Å². The van der Waals surface area contributed by atoms with E-state index in [4.69, 9.17) is 40.3 Å². The Bertz CT molecular complexity index is 2560. The third kappa shape index (κ3) is 20.5. The summed E-state index contributed by atoms with van der Waals surface area (Å²) in [6, 6.07) is 3.48. The lowest BCUT2D eigenvalue weighted by atomic mass is 9.50. The maximum Gasteiger partial charge on any atom is 0.330 e. The van der Waals surface area contributed by atoms with Gasteiger partial charge in [0.05, 0.1) is 38.4 Å². The molecule has 2 bridgehead atoms. The van der Waals surface area contributed by atoms with Gasteiger partial charge in [0.2, 0.25) is 23.6 Å². The first kappa shape index (κ1) is 70.8. The zero-order chi connectivity index (χ0) is 63.3. The van der Waals surface area contributed by atoms with Crippen LogP contribution in [0.1, 0.15) is 171 Å². The molecule has 11 atom stereocenters. The van der Waals surface area contributed by atoms with Gasteiger partial charge in [0.1, 0.15) is 29.8 Å². The summed E-state index contributed by atoms with van der Waals surface area (Å²) < 4.78 is 30.2. The fraction of sp³-hybridized carbons (Fsp3) is 0.667. The number of benzene rings is 1. The van der Waals surface area contributed by atoms with Crippen molar-refractivity contribution in [3.63, 3.8) is 0 Å². The Labute approximate surface area is 501 Å². The maximum atomic E-state index is 14.2. The lowest BCUT2D eigenvalue weighted by Crippen LogP contribution is -2.62. The van der Waals surface area contributed by atoms with Crippen molar-refractivity contribution in [1.82, 2.24) is 21.3 Å². The summed E-state index contributed by atoms with van der Waals surface area (Å²) >= 11 is 0. The van der Waals surface area contributed by atoms with Gasteiger partial charge in [0.15, 0.2) is 0 Å². The molecule has 1 saturated carbocycles. The molecule has 2 aliphatic heterocycles. The molecular formula is C63H97N7O15. The number of nitrogens with two attached hydrogens (primary N) is 2. The number of hydrogen-bond acceptors (Lipinski definition) is 15.